The van der Waals surface area contributed by atoms with E-state index in [4.69, 9.17) is 65.8 Å². The van der Waals surface area contributed by atoms with Gasteiger partial charge in [-0.2, -0.15) is 0 Å². The molecule has 10 rings (SSSR count). The summed E-state index contributed by atoms with van der Waals surface area (Å²) in [5.41, 5.74) is -3.32. The number of esters is 2. The van der Waals surface area contributed by atoms with Gasteiger partial charge < -0.3 is 122 Å². The molecule has 6 heterocycles. The number of hydrogen-bond donors (Lipinski definition) is 11. The van der Waals surface area contributed by atoms with Crippen LogP contribution >= 0.6 is 0 Å². The first-order valence-electron chi connectivity index (χ1n) is 32.1. The first-order chi connectivity index (χ1) is 43.5. The highest BCUT2D eigenvalue weighted by Crippen LogP contribution is 2.77. The van der Waals surface area contributed by atoms with Crippen LogP contribution in [-0.4, -0.2) is 280 Å². The van der Waals surface area contributed by atoms with Crippen LogP contribution in [0.1, 0.15) is 114 Å². The third-order valence-corrected chi connectivity index (χ3v) is 22.7. The Bertz CT molecular complexity index is 2810. The van der Waals surface area contributed by atoms with Gasteiger partial charge in [0.05, 0.1) is 50.0 Å². The van der Waals surface area contributed by atoms with Gasteiger partial charge in [0.2, 0.25) is 10.4 Å². The molecule has 4 aliphatic carbocycles. The molecule has 0 radical (unpaired) electrons. The lowest BCUT2D eigenvalue weighted by Gasteiger charge is -2.64. The predicted octanol–water partition coefficient (Wildman–Crippen LogP) is -2.64. The number of carbonyl (C=O) groups excluding carboxylic acids is 3. The normalized spacial score (nSPS) is 49.8. The summed E-state index contributed by atoms with van der Waals surface area (Å²) in [6.45, 7) is 13.6. The molecule has 9 fully saturated rings. The Kier molecular flexibility index (Phi) is 21.6. The molecule has 31 nitrogen and oxygen atoms in total. The SMILES string of the molecule is CO[C@@H]1[C@@H](O)[C@H](O[C@@H]2[C@@H](O)[C@H](O[C@H]3[C@H](O)[C@@H](O[C@@H]4OC[C@@H](O)[C@H](O)[C@H]4O)[C@H](O[C@H]4[C@H](O[C@H]5CC[C@]6(C)[C@@H]7CC[C@]89C(=O)O[C@@](C)(CC(=O)CC(C)C)[C@H]8[C@@H](OC(C)=O)C[C@@]9(C)C7=CC[C@H]6C5(C)C)OC[C@@H](OS(=O)(=O)[O-])[C@@H]4O)O[C@@H]3C)O[C@H](CO)[C@H]2O)O[C@H](CO)[C@H]1O. The van der Waals surface area contributed by atoms with Gasteiger partial charge in [-0.3, -0.25) is 18.6 Å². The second-order valence-corrected chi connectivity index (χ2v) is 29.9. The Hall–Kier alpha value is -2.66. The smallest absolute Gasteiger partial charge is 0.314 e. The van der Waals surface area contributed by atoms with Gasteiger partial charge in [0.15, 0.2) is 31.5 Å². The minimum atomic E-state index is -5.54. The van der Waals surface area contributed by atoms with Crippen LogP contribution in [0.5, 0.6) is 0 Å². The number of cyclic esters (lactones) is 1. The van der Waals surface area contributed by atoms with Crippen LogP contribution in [0, 0.1) is 45.3 Å². The van der Waals surface area contributed by atoms with Gasteiger partial charge in [0.1, 0.15) is 121 Å². The van der Waals surface area contributed by atoms with E-state index in [1.54, 1.807) is 6.92 Å². The van der Waals surface area contributed by atoms with E-state index in [0.717, 1.165) is 12.7 Å². The Morgan fingerprint density at radius 3 is 1.89 bits per heavy atom. The number of rotatable bonds is 20. The number of Topliss-reactive ketones (excluding diaryl/α,β-unsaturated/α-hetero) is 1. The van der Waals surface area contributed by atoms with Crippen LogP contribution in [0.3, 0.4) is 0 Å². The number of aliphatic hydroxyl groups is 11. The highest BCUT2D eigenvalue weighted by atomic mass is 32.3. The minimum absolute atomic E-state index is 0.0199. The fraction of sp³-hybridized carbons (Fsp3) is 0.918. The average Bonchev–Trinajstić information content (AvgIpc) is 1.53. The number of carbonyl (C=O) groups is 3. The van der Waals surface area contributed by atoms with Gasteiger partial charge in [-0.05, 0) is 81.0 Å². The summed E-state index contributed by atoms with van der Waals surface area (Å²) in [6, 6.07) is 0. The molecule has 0 aromatic rings. The van der Waals surface area contributed by atoms with Crippen LogP contribution in [0.2, 0.25) is 0 Å². The number of aliphatic hydroxyl groups excluding tert-OH is 11. The van der Waals surface area contributed by atoms with Crippen molar-refractivity contribution in [3.8, 4) is 0 Å². The summed E-state index contributed by atoms with van der Waals surface area (Å²) >= 11 is 0. The van der Waals surface area contributed by atoms with Gasteiger partial charge in [0.25, 0.3) is 0 Å². The van der Waals surface area contributed by atoms with Gasteiger partial charge in [-0.1, -0.05) is 53.2 Å². The van der Waals surface area contributed by atoms with Crippen molar-refractivity contribution < 1.29 is 149 Å². The van der Waals surface area contributed by atoms with Crippen molar-refractivity contribution in [2.45, 2.75) is 273 Å². The molecular weight excluding hydrogens is 1260 g/mol. The molecule has 1 spiro atoms. The molecule has 93 heavy (non-hydrogen) atoms. The molecule has 32 atom stereocenters. The monoisotopic (exact) mass is 1360 g/mol. The Labute approximate surface area is 539 Å². The Balaban J connectivity index is 0.917. The van der Waals surface area contributed by atoms with E-state index in [9.17, 15) is 83.5 Å². The van der Waals surface area contributed by atoms with E-state index < -0.39 is 235 Å². The highest BCUT2D eigenvalue weighted by Gasteiger charge is 2.80. The second kappa shape index (κ2) is 27.5. The molecule has 0 bridgehead atoms. The largest absolute Gasteiger partial charge is 0.726 e. The first-order valence-corrected chi connectivity index (χ1v) is 33.4. The van der Waals surface area contributed by atoms with Crippen molar-refractivity contribution in [1.82, 2.24) is 0 Å². The summed E-state index contributed by atoms with van der Waals surface area (Å²) in [7, 11) is -4.39. The van der Waals surface area contributed by atoms with Crippen molar-refractivity contribution in [1.29, 1.82) is 0 Å². The predicted molar refractivity (Wildman–Crippen MR) is 307 cm³/mol. The molecule has 532 valence electrons. The standard InChI is InChI=1S/C61H96O31S/c1-24(2)17-27(65)18-60(9)50-31(83-26(4)64)19-59(8)29-11-12-35-57(5,6)36(14-15-58(35,7)28(29)13-16-61(50,59)56(75)91-60)86-54-48(40(70)34(23-81-54)92-93(76,77)78)90-55-49(89-51-41(71)37(67)30(66)22-80-51)42(72)45(25(3)82-55)87-53-44(74)47(39(69)33(21-63)85-53)88-52-43(73)46(79-10)38(68)32(20-62)84-52/h11,24-25,28,30-55,62-63,66-74H,12-23H2,1-10H3,(H,76,77,78)/p-1/t25-,28-,30-,31+,32-,33-,34-,35+,36+,37+,38-,39-,40+,41-,42+,43-,44-,45-,46+,47+,48-,49-,50-,51+,52+,53+,54+,55+,58-,59+,60+,61-/m1/s1. The molecule has 32 heteroatoms. The molecule has 6 saturated heterocycles. The number of allylic oxidation sites excluding steroid dienone is 2. The van der Waals surface area contributed by atoms with E-state index in [-0.39, 0.29) is 30.0 Å². The molecule has 3 saturated carbocycles. The molecule has 6 aliphatic heterocycles. The van der Waals surface area contributed by atoms with E-state index in [2.05, 4.69) is 19.9 Å². The third kappa shape index (κ3) is 13.2. The molecule has 0 aromatic carbocycles. The van der Waals surface area contributed by atoms with E-state index in [1.165, 1.54) is 13.8 Å². The molecule has 0 aromatic heterocycles. The van der Waals surface area contributed by atoms with Crippen molar-refractivity contribution in [2.75, 3.05) is 33.5 Å². The summed E-state index contributed by atoms with van der Waals surface area (Å²) in [5, 5.41) is 122. The van der Waals surface area contributed by atoms with Crippen molar-refractivity contribution in [3.05, 3.63) is 11.6 Å². The maximum atomic E-state index is 14.8. The summed E-state index contributed by atoms with van der Waals surface area (Å²) in [4.78, 5) is 41.2. The summed E-state index contributed by atoms with van der Waals surface area (Å²) in [5.74, 6) is -1.73. The van der Waals surface area contributed by atoms with Gasteiger partial charge in [0, 0.05) is 32.3 Å². The number of hydrogen-bond acceptors (Lipinski definition) is 31. The summed E-state index contributed by atoms with van der Waals surface area (Å²) in [6.07, 6.45) is -37.8. The van der Waals surface area contributed by atoms with Crippen molar-refractivity contribution in [2.24, 2.45) is 45.3 Å². The molecule has 10 aliphatic rings. The lowest BCUT2D eigenvalue weighted by Crippen LogP contribution is -2.68. The van der Waals surface area contributed by atoms with E-state index in [1.807, 2.05) is 27.7 Å². The average molecular weight is 1360 g/mol. The second-order valence-electron chi connectivity index (χ2n) is 28.9. The van der Waals surface area contributed by atoms with Gasteiger partial charge in [-0.25, -0.2) is 8.42 Å². The zero-order valence-electron chi connectivity index (χ0n) is 53.8. The Morgan fingerprint density at radius 1 is 0.688 bits per heavy atom. The zero-order chi connectivity index (χ0) is 68.1. The lowest BCUT2D eigenvalue weighted by atomic mass is 9.41. The molecule has 0 amide bonds. The topological polar surface area (TPSA) is 460 Å². The van der Waals surface area contributed by atoms with Crippen LogP contribution in [0.4, 0.5) is 0 Å². The van der Waals surface area contributed by atoms with E-state index in [0.29, 0.717) is 44.9 Å². The fourth-order valence-corrected chi connectivity index (χ4v) is 18.4. The highest BCUT2D eigenvalue weighted by molar-refractivity contribution is 7.80. The molecule has 0 unspecified atom stereocenters. The maximum absolute atomic E-state index is 14.8. The van der Waals surface area contributed by atoms with Crippen molar-refractivity contribution >= 4 is 28.1 Å². The zero-order valence-corrected chi connectivity index (χ0v) is 54.6. The fourth-order valence-electron chi connectivity index (χ4n) is 17.9. The number of ether oxygens (including phenoxy) is 13. The third-order valence-electron chi connectivity index (χ3n) is 22.3. The van der Waals surface area contributed by atoms with Gasteiger partial charge in [-0.15, -0.1) is 0 Å². The lowest BCUT2D eigenvalue weighted by molar-refractivity contribution is -0.403. The number of fused-ring (bicyclic) bond motifs is 4. The van der Waals surface area contributed by atoms with Crippen LogP contribution in [0.15, 0.2) is 11.6 Å². The first kappa shape index (κ1) is 73.1. The van der Waals surface area contributed by atoms with Crippen molar-refractivity contribution in [3.63, 3.8) is 0 Å². The van der Waals surface area contributed by atoms with Crippen LogP contribution in [-0.2, 0) is 90.5 Å². The van der Waals surface area contributed by atoms with E-state index >= 15 is 0 Å². The summed E-state index contributed by atoms with van der Waals surface area (Å²) < 4.78 is 120. The van der Waals surface area contributed by atoms with Crippen LogP contribution < -0.4 is 0 Å². The number of methoxy groups -OCH3 is 1. The van der Waals surface area contributed by atoms with Gasteiger partial charge >= 0.3 is 11.9 Å². The molecular formula is C61H95O31S-. The number of ketones is 1. The Morgan fingerprint density at radius 2 is 1.28 bits per heavy atom. The maximum Gasteiger partial charge on any atom is 0.314 e. The van der Waals surface area contributed by atoms with Crippen LogP contribution in [0.25, 0.3) is 0 Å². The minimum Gasteiger partial charge on any atom is -0.726 e. The molecule has 11 N–H and O–H groups in total. The quantitative estimate of drug-likeness (QED) is 0.0257.